The van der Waals surface area contributed by atoms with Crippen LogP contribution in [0, 0.1) is 0 Å². The van der Waals surface area contributed by atoms with Crippen molar-refractivity contribution in [2.24, 2.45) is 0 Å². The fraction of sp³-hybridized carbons (Fsp3) is 0.529. The van der Waals surface area contributed by atoms with Crippen LogP contribution in [-0.2, 0) is 4.84 Å². The largest absolute Gasteiger partial charge is 0.412 e. The number of nitrogens with zero attached hydrogens (tertiary/aromatic N) is 1. The SMILES string of the molecule is C=Cc1cccc(C2CCCCN2OC(C)(C)C)c1.O. The molecule has 2 N–H and O–H groups in total. The third kappa shape index (κ3) is 4.44. The highest BCUT2D eigenvalue weighted by molar-refractivity contribution is 5.48. The van der Waals surface area contributed by atoms with Gasteiger partial charge in [0.1, 0.15) is 0 Å². The molecule has 0 amide bonds. The molecule has 2 rings (SSSR count). The maximum absolute atomic E-state index is 6.13. The van der Waals surface area contributed by atoms with E-state index < -0.39 is 0 Å². The maximum atomic E-state index is 6.13. The van der Waals surface area contributed by atoms with Gasteiger partial charge in [-0.3, -0.25) is 4.84 Å². The zero-order valence-electron chi connectivity index (χ0n) is 12.9. The number of hydrogen-bond acceptors (Lipinski definition) is 2. The van der Waals surface area contributed by atoms with Gasteiger partial charge in [0, 0.05) is 6.54 Å². The summed E-state index contributed by atoms with van der Waals surface area (Å²) in [6.07, 6.45) is 5.55. The molecule has 112 valence electrons. The molecule has 1 saturated heterocycles. The highest BCUT2D eigenvalue weighted by atomic mass is 16.7. The first-order chi connectivity index (χ1) is 8.99. The average molecular weight is 277 g/mol. The molecule has 1 aliphatic heterocycles. The van der Waals surface area contributed by atoms with Gasteiger partial charge in [-0.25, -0.2) is 0 Å². The van der Waals surface area contributed by atoms with E-state index in [1.54, 1.807) is 0 Å². The summed E-state index contributed by atoms with van der Waals surface area (Å²) in [6.45, 7) is 11.2. The first-order valence-corrected chi connectivity index (χ1v) is 7.18. The number of hydroxylamine groups is 2. The van der Waals surface area contributed by atoms with Crippen LogP contribution in [0.15, 0.2) is 30.8 Å². The lowest BCUT2D eigenvalue weighted by Gasteiger charge is -2.39. The van der Waals surface area contributed by atoms with Gasteiger partial charge in [0.05, 0.1) is 11.6 Å². The fourth-order valence-corrected chi connectivity index (χ4v) is 2.59. The van der Waals surface area contributed by atoms with Crippen molar-refractivity contribution >= 4 is 6.08 Å². The molecule has 0 saturated carbocycles. The molecule has 20 heavy (non-hydrogen) atoms. The van der Waals surface area contributed by atoms with Gasteiger partial charge in [-0.2, -0.15) is 5.06 Å². The molecule has 0 aliphatic carbocycles. The predicted octanol–water partition coefficient (Wildman–Crippen LogP) is 3.76. The molecule has 0 bridgehead atoms. The molecule has 0 spiro atoms. The van der Waals surface area contributed by atoms with Crippen LogP contribution in [0.4, 0.5) is 0 Å². The molecule has 1 unspecified atom stereocenters. The Bertz CT molecular complexity index is 437. The normalized spacial score (nSPS) is 20.2. The van der Waals surface area contributed by atoms with E-state index in [1.807, 2.05) is 6.08 Å². The van der Waals surface area contributed by atoms with Crippen molar-refractivity contribution in [2.45, 2.75) is 51.7 Å². The number of hydrogen-bond donors (Lipinski definition) is 0. The van der Waals surface area contributed by atoms with Crippen molar-refractivity contribution in [3.8, 4) is 0 Å². The molecule has 1 atom stereocenters. The summed E-state index contributed by atoms with van der Waals surface area (Å²) >= 11 is 0. The van der Waals surface area contributed by atoms with E-state index in [-0.39, 0.29) is 11.1 Å². The zero-order chi connectivity index (χ0) is 13.9. The first kappa shape index (κ1) is 16.9. The predicted molar refractivity (Wildman–Crippen MR) is 84.3 cm³/mol. The molecule has 1 aliphatic rings. The Labute approximate surface area is 122 Å². The highest BCUT2D eigenvalue weighted by Crippen LogP contribution is 2.33. The van der Waals surface area contributed by atoms with E-state index in [1.165, 1.54) is 24.0 Å². The Hall–Kier alpha value is -1.16. The molecule has 1 aromatic rings. The monoisotopic (exact) mass is 277 g/mol. The van der Waals surface area contributed by atoms with Gasteiger partial charge < -0.3 is 5.48 Å². The van der Waals surface area contributed by atoms with Gasteiger partial charge >= 0.3 is 0 Å². The van der Waals surface area contributed by atoms with Crippen molar-refractivity contribution in [3.05, 3.63) is 42.0 Å². The molecule has 1 aromatic carbocycles. The van der Waals surface area contributed by atoms with Gasteiger partial charge in [-0.05, 0) is 44.7 Å². The van der Waals surface area contributed by atoms with E-state index in [9.17, 15) is 0 Å². The fourth-order valence-electron chi connectivity index (χ4n) is 2.59. The van der Waals surface area contributed by atoms with Crippen LogP contribution >= 0.6 is 0 Å². The summed E-state index contributed by atoms with van der Waals surface area (Å²) in [4.78, 5) is 6.13. The van der Waals surface area contributed by atoms with Gasteiger partial charge in [0.25, 0.3) is 0 Å². The summed E-state index contributed by atoms with van der Waals surface area (Å²) in [5.41, 5.74) is 2.38. The quantitative estimate of drug-likeness (QED) is 0.844. The van der Waals surface area contributed by atoms with Crippen molar-refractivity contribution in [2.75, 3.05) is 6.54 Å². The summed E-state index contributed by atoms with van der Waals surface area (Å²) in [5, 5.41) is 2.17. The van der Waals surface area contributed by atoms with Gasteiger partial charge in [0.2, 0.25) is 0 Å². The topological polar surface area (TPSA) is 44.0 Å². The first-order valence-electron chi connectivity index (χ1n) is 7.18. The van der Waals surface area contributed by atoms with Crippen molar-refractivity contribution in [1.82, 2.24) is 5.06 Å². The smallest absolute Gasteiger partial charge is 0.0816 e. The van der Waals surface area contributed by atoms with E-state index >= 15 is 0 Å². The number of rotatable bonds is 3. The molecule has 0 radical (unpaired) electrons. The summed E-state index contributed by atoms with van der Waals surface area (Å²) in [5.74, 6) is 0. The summed E-state index contributed by atoms with van der Waals surface area (Å²) < 4.78 is 0. The minimum absolute atomic E-state index is 0. The van der Waals surface area contributed by atoms with Crippen LogP contribution in [0.1, 0.15) is 57.2 Å². The lowest BCUT2D eigenvalue weighted by atomic mass is 9.95. The Morgan fingerprint density at radius 3 is 2.70 bits per heavy atom. The second-order valence-corrected chi connectivity index (χ2v) is 6.23. The molecule has 3 heteroatoms. The van der Waals surface area contributed by atoms with Crippen molar-refractivity contribution in [3.63, 3.8) is 0 Å². The zero-order valence-corrected chi connectivity index (χ0v) is 12.9. The third-order valence-corrected chi connectivity index (χ3v) is 3.38. The van der Waals surface area contributed by atoms with E-state index in [0.717, 1.165) is 13.0 Å². The molecular weight excluding hydrogens is 250 g/mol. The van der Waals surface area contributed by atoms with Crippen LogP contribution in [0.3, 0.4) is 0 Å². The lowest BCUT2D eigenvalue weighted by Crippen LogP contribution is -2.39. The van der Waals surface area contributed by atoms with Crippen LogP contribution in [0.5, 0.6) is 0 Å². The number of piperidine rings is 1. The minimum Gasteiger partial charge on any atom is -0.412 e. The number of benzene rings is 1. The van der Waals surface area contributed by atoms with Gasteiger partial charge in [-0.15, -0.1) is 0 Å². The standard InChI is InChI=1S/C17H25NO.H2O/c1-5-14-9-8-10-15(13-14)16-11-6-7-12-18(16)19-17(2,3)4;/h5,8-10,13,16H,1,6-7,11-12H2,2-4H3;1H2. The molecule has 3 nitrogen and oxygen atoms in total. The van der Waals surface area contributed by atoms with Crippen molar-refractivity contribution < 1.29 is 10.3 Å². The van der Waals surface area contributed by atoms with Gasteiger partial charge in [-0.1, -0.05) is 43.3 Å². The molecule has 1 fully saturated rings. The Morgan fingerprint density at radius 1 is 1.30 bits per heavy atom. The third-order valence-electron chi connectivity index (χ3n) is 3.38. The lowest BCUT2D eigenvalue weighted by molar-refractivity contribution is -0.260. The highest BCUT2D eigenvalue weighted by Gasteiger charge is 2.28. The Balaban J connectivity index is 0.00000200. The van der Waals surface area contributed by atoms with Gasteiger partial charge in [0.15, 0.2) is 0 Å². The van der Waals surface area contributed by atoms with E-state index in [0.29, 0.717) is 6.04 Å². The van der Waals surface area contributed by atoms with E-state index in [4.69, 9.17) is 4.84 Å². The second-order valence-electron chi connectivity index (χ2n) is 6.23. The molecule has 0 aromatic heterocycles. The summed E-state index contributed by atoms with van der Waals surface area (Å²) in [7, 11) is 0. The van der Waals surface area contributed by atoms with Crippen LogP contribution < -0.4 is 0 Å². The van der Waals surface area contributed by atoms with Crippen molar-refractivity contribution in [1.29, 1.82) is 0 Å². The Morgan fingerprint density at radius 2 is 2.05 bits per heavy atom. The molecule has 1 heterocycles. The van der Waals surface area contributed by atoms with Crippen LogP contribution in [0.2, 0.25) is 0 Å². The van der Waals surface area contributed by atoms with E-state index in [2.05, 4.69) is 56.7 Å². The Kier molecular flexibility index (Phi) is 5.93. The van der Waals surface area contributed by atoms with Crippen LogP contribution in [-0.4, -0.2) is 22.7 Å². The average Bonchev–Trinajstić information content (AvgIpc) is 2.37. The second kappa shape index (κ2) is 7.02. The van der Waals surface area contributed by atoms with Crippen LogP contribution in [0.25, 0.3) is 6.08 Å². The minimum atomic E-state index is -0.133. The molecular formula is C17H27NO2. The summed E-state index contributed by atoms with van der Waals surface area (Å²) in [6, 6.07) is 8.99. The maximum Gasteiger partial charge on any atom is 0.0816 e.